The zero-order valence-electron chi connectivity index (χ0n) is 8.44. The van der Waals surface area contributed by atoms with E-state index < -0.39 is 0 Å². The van der Waals surface area contributed by atoms with Crippen molar-refractivity contribution in [1.82, 2.24) is 0 Å². The van der Waals surface area contributed by atoms with E-state index in [4.69, 9.17) is 5.73 Å². The van der Waals surface area contributed by atoms with E-state index in [0.29, 0.717) is 0 Å². The largest absolute Gasteiger partial charge is 0.330 e. The van der Waals surface area contributed by atoms with Crippen molar-refractivity contribution in [3.63, 3.8) is 0 Å². The predicted molar refractivity (Wildman–Crippen MR) is 54.1 cm³/mol. The Morgan fingerprint density at radius 1 is 1.17 bits per heavy atom. The Morgan fingerprint density at radius 3 is 2.33 bits per heavy atom. The van der Waals surface area contributed by atoms with Gasteiger partial charge in [0.25, 0.3) is 0 Å². The van der Waals surface area contributed by atoms with Crippen molar-refractivity contribution in [2.24, 2.45) is 11.1 Å². The number of nitrogens with two attached hydrogens (primary N) is 1. The summed E-state index contributed by atoms with van der Waals surface area (Å²) in [5.74, 6) is 0. The molecule has 0 radical (unpaired) electrons. The lowest BCUT2D eigenvalue weighted by atomic mass is 9.79. The van der Waals surface area contributed by atoms with Crippen LogP contribution in [0.25, 0.3) is 0 Å². The van der Waals surface area contributed by atoms with Crippen LogP contribution in [0, 0.1) is 5.41 Å². The van der Waals surface area contributed by atoms with Crippen molar-refractivity contribution in [3.8, 4) is 0 Å². The van der Waals surface area contributed by atoms with Gasteiger partial charge in [0.1, 0.15) is 0 Å². The molecule has 2 N–H and O–H groups in total. The van der Waals surface area contributed by atoms with E-state index in [-0.39, 0.29) is 0 Å². The molecule has 0 aromatic carbocycles. The first-order valence-corrected chi connectivity index (χ1v) is 5.53. The summed E-state index contributed by atoms with van der Waals surface area (Å²) >= 11 is 0. The molecular weight excluding hydrogens is 146 g/mol. The molecule has 1 aliphatic rings. The van der Waals surface area contributed by atoms with Crippen LogP contribution in [0.3, 0.4) is 0 Å². The van der Waals surface area contributed by atoms with Crippen LogP contribution in [0.1, 0.15) is 58.3 Å². The molecule has 0 spiro atoms. The highest BCUT2D eigenvalue weighted by Gasteiger charge is 2.30. The van der Waals surface area contributed by atoms with Gasteiger partial charge in [-0.15, -0.1) is 0 Å². The molecule has 1 fully saturated rings. The molecule has 1 heteroatoms. The van der Waals surface area contributed by atoms with Crippen molar-refractivity contribution >= 4 is 0 Å². The molecule has 0 aromatic heterocycles. The van der Waals surface area contributed by atoms with Gasteiger partial charge in [0.2, 0.25) is 0 Å². The summed E-state index contributed by atoms with van der Waals surface area (Å²) < 4.78 is 0. The average Bonchev–Trinajstić information content (AvgIpc) is 2.55. The highest BCUT2D eigenvalue weighted by Crippen LogP contribution is 2.44. The van der Waals surface area contributed by atoms with Crippen LogP contribution < -0.4 is 5.73 Å². The van der Waals surface area contributed by atoms with Gasteiger partial charge in [0.15, 0.2) is 0 Å². The van der Waals surface area contributed by atoms with Crippen LogP contribution in [0.5, 0.6) is 0 Å². The zero-order valence-corrected chi connectivity index (χ0v) is 8.44. The van der Waals surface area contributed by atoms with Crippen LogP contribution >= 0.6 is 0 Å². The molecule has 1 nitrogen and oxygen atoms in total. The van der Waals surface area contributed by atoms with Gasteiger partial charge in [0, 0.05) is 0 Å². The first-order chi connectivity index (χ1) is 5.83. The minimum absolute atomic E-state index is 0.731. The highest BCUT2D eigenvalue weighted by molar-refractivity contribution is 4.83. The summed E-state index contributed by atoms with van der Waals surface area (Å²) in [4.78, 5) is 0. The van der Waals surface area contributed by atoms with Gasteiger partial charge in [-0.05, 0) is 37.6 Å². The lowest BCUT2D eigenvalue weighted by Gasteiger charge is -2.27. The topological polar surface area (TPSA) is 26.0 Å². The fourth-order valence-corrected chi connectivity index (χ4v) is 2.55. The van der Waals surface area contributed by atoms with E-state index in [1.54, 1.807) is 0 Å². The second-order valence-electron chi connectivity index (χ2n) is 4.31. The van der Waals surface area contributed by atoms with Crippen LogP contribution in [-0.4, -0.2) is 6.54 Å². The summed E-state index contributed by atoms with van der Waals surface area (Å²) in [5, 5.41) is 0. The maximum absolute atomic E-state index is 5.50. The number of hydrogen-bond donors (Lipinski definition) is 1. The van der Waals surface area contributed by atoms with Gasteiger partial charge in [-0.25, -0.2) is 0 Å². The van der Waals surface area contributed by atoms with E-state index in [1.807, 2.05) is 0 Å². The van der Waals surface area contributed by atoms with Crippen molar-refractivity contribution in [2.75, 3.05) is 6.54 Å². The summed E-state index contributed by atoms with van der Waals surface area (Å²) in [6.45, 7) is 3.23. The van der Waals surface area contributed by atoms with E-state index in [0.717, 1.165) is 12.0 Å². The first-order valence-electron chi connectivity index (χ1n) is 5.53. The van der Waals surface area contributed by atoms with Crippen LogP contribution in [0.4, 0.5) is 0 Å². The summed E-state index contributed by atoms with van der Waals surface area (Å²) in [6.07, 6.45) is 11.3. The van der Waals surface area contributed by atoms with Crippen LogP contribution in [0.15, 0.2) is 0 Å². The fraction of sp³-hybridized carbons (Fsp3) is 1.00. The molecule has 0 saturated heterocycles. The standard InChI is InChI=1S/C11H23N/c1-2-11(7-3-4-8-11)9-5-6-10-12/h2-10,12H2,1H3. The fourth-order valence-electron chi connectivity index (χ4n) is 2.55. The van der Waals surface area contributed by atoms with E-state index in [1.165, 1.54) is 51.4 Å². The zero-order chi connectivity index (χ0) is 8.86. The molecule has 1 rings (SSSR count). The number of hydrogen-bond acceptors (Lipinski definition) is 1. The average molecular weight is 169 g/mol. The normalized spacial score (nSPS) is 21.5. The van der Waals surface area contributed by atoms with Gasteiger partial charge in [-0.2, -0.15) is 0 Å². The molecule has 0 aromatic rings. The second-order valence-corrected chi connectivity index (χ2v) is 4.31. The Balaban J connectivity index is 2.24. The Kier molecular flexibility index (Phi) is 4.07. The summed E-state index contributed by atoms with van der Waals surface area (Å²) in [5.41, 5.74) is 6.23. The molecule has 0 unspecified atom stereocenters. The Labute approximate surface area is 76.7 Å². The van der Waals surface area contributed by atoms with Gasteiger partial charge < -0.3 is 5.73 Å². The third-order valence-electron chi connectivity index (χ3n) is 3.58. The summed E-state index contributed by atoms with van der Waals surface area (Å²) in [6, 6.07) is 0. The third kappa shape index (κ3) is 2.48. The van der Waals surface area contributed by atoms with Gasteiger partial charge in [0.05, 0.1) is 0 Å². The molecule has 1 saturated carbocycles. The number of unbranched alkanes of at least 4 members (excludes halogenated alkanes) is 1. The molecule has 0 aliphatic heterocycles. The Hall–Kier alpha value is -0.0400. The highest BCUT2D eigenvalue weighted by atomic mass is 14.5. The van der Waals surface area contributed by atoms with Gasteiger partial charge >= 0.3 is 0 Å². The van der Waals surface area contributed by atoms with Crippen molar-refractivity contribution in [3.05, 3.63) is 0 Å². The SMILES string of the molecule is CCC1(CCCCN)CCCC1. The van der Waals surface area contributed by atoms with Crippen LogP contribution in [0.2, 0.25) is 0 Å². The molecule has 1 aliphatic carbocycles. The lowest BCUT2D eigenvalue weighted by molar-refractivity contribution is 0.251. The quantitative estimate of drug-likeness (QED) is 0.629. The van der Waals surface area contributed by atoms with Gasteiger partial charge in [-0.1, -0.05) is 32.6 Å². The minimum Gasteiger partial charge on any atom is -0.330 e. The van der Waals surface area contributed by atoms with Crippen molar-refractivity contribution in [1.29, 1.82) is 0 Å². The Morgan fingerprint density at radius 2 is 1.83 bits per heavy atom. The molecule has 72 valence electrons. The maximum Gasteiger partial charge on any atom is -0.00773 e. The molecule has 12 heavy (non-hydrogen) atoms. The van der Waals surface area contributed by atoms with E-state index in [9.17, 15) is 0 Å². The molecular formula is C11H23N. The van der Waals surface area contributed by atoms with E-state index in [2.05, 4.69) is 6.92 Å². The summed E-state index contributed by atoms with van der Waals surface area (Å²) in [7, 11) is 0. The molecule has 0 bridgehead atoms. The molecule has 0 amide bonds. The lowest BCUT2D eigenvalue weighted by Crippen LogP contribution is -2.15. The second kappa shape index (κ2) is 4.86. The van der Waals surface area contributed by atoms with Gasteiger partial charge in [-0.3, -0.25) is 0 Å². The van der Waals surface area contributed by atoms with Crippen molar-refractivity contribution < 1.29 is 0 Å². The molecule has 0 atom stereocenters. The van der Waals surface area contributed by atoms with E-state index >= 15 is 0 Å². The third-order valence-corrected chi connectivity index (χ3v) is 3.58. The minimum atomic E-state index is 0.731. The van der Waals surface area contributed by atoms with Crippen LogP contribution in [-0.2, 0) is 0 Å². The molecule has 0 heterocycles. The Bertz CT molecular complexity index is 114. The predicted octanol–water partition coefficient (Wildman–Crippen LogP) is 3.09. The van der Waals surface area contributed by atoms with Crippen molar-refractivity contribution in [2.45, 2.75) is 58.3 Å². The number of rotatable bonds is 5. The first kappa shape index (κ1) is 10.0. The maximum atomic E-state index is 5.50. The smallest absolute Gasteiger partial charge is 0.00773 e. The monoisotopic (exact) mass is 169 g/mol.